The van der Waals surface area contributed by atoms with E-state index in [0.717, 1.165) is 50.0 Å². The van der Waals surface area contributed by atoms with Crippen LogP contribution < -0.4 is 10.6 Å². The summed E-state index contributed by atoms with van der Waals surface area (Å²) in [5.41, 5.74) is -1.49. The van der Waals surface area contributed by atoms with Gasteiger partial charge in [-0.25, -0.2) is 4.79 Å². The molecule has 0 saturated carbocycles. The van der Waals surface area contributed by atoms with Crippen LogP contribution in [0.15, 0.2) is 42.5 Å². The van der Waals surface area contributed by atoms with Crippen molar-refractivity contribution in [1.29, 1.82) is 0 Å². The van der Waals surface area contributed by atoms with Crippen LogP contribution >= 0.6 is 0 Å². The Bertz CT molecular complexity index is 951. The summed E-state index contributed by atoms with van der Waals surface area (Å²) in [7, 11) is 0. The molecule has 1 saturated heterocycles. The monoisotopic (exact) mass is 487 g/mol. The van der Waals surface area contributed by atoms with E-state index in [2.05, 4.69) is 15.5 Å². The largest absolute Gasteiger partial charge is 0.416 e. The van der Waals surface area contributed by atoms with Crippen molar-refractivity contribution in [1.82, 2.24) is 10.2 Å². The van der Waals surface area contributed by atoms with Crippen molar-refractivity contribution in [2.45, 2.75) is 44.5 Å². The molecule has 1 unspecified atom stereocenters. The van der Waals surface area contributed by atoms with Gasteiger partial charge in [-0.2, -0.15) is 26.3 Å². The number of amides is 2. The number of carbonyl (C=O) groups excluding carboxylic acids is 1. The summed E-state index contributed by atoms with van der Waals surface area (Å²) in [5, 5.41) is 4.73. The lowest BCUT2D eigenvalue weighted by atomic mass is 9.94. The maximum absolute atomic E-state index is 13.1. The molecule has 0 aromatic heterocycles. The number of anilines is 1. The highest BCUT2D eigenvalue weighted by Crippen LogP contribution is 2.37. The fourth-order valence-corrected chi connectivity index (χ4v) is 4.07. The van der Waals surface area contributed by atoms with Gasteiger partial charge < -0.3 is 15.5 Å². The molecule has 0 spiro atoms. The number of alkyl halides is 6. The first-order valence-corrected chi connectivity index (χ1v) is 11.0. The lowest BCUT2D eigenvalue weighted by Gasteiger charge is -2.22. The molecule has 4 nitrogen and oxygen atoms in total. The van der Waals surface area contributed by atoms with Crippen molar-refractivity contribution >= 4 is 11.7 Å². The van der Waals surface area contributed by atoms with Gasteiger partial charge in [0, 0.05) is 18.2 Å². The van der Waals surface area contributed by atoms with Crippen molar-refractivity contribution in [2.75, 3.05) is 31.5 Å². The number of rotatable bonds is 7. The van der Waals surface area contributed by atoms with Gasteiger partial charge in [-0.1, -0.05) is 29.8 Å². The Morgan fingerprint density at radius 2 is 1.59 bits per heavy atom. The van der Waals surface area contributed by atoms with Crippen LogP contribution in [0.4, 0.5) is 36.8 Å². The van der Waals surface area contributed by atoms with Crippen LogP contribution in [0.5, 0.6) is 0 Å². The number of nitrogens with zero attached hydrogens (tertiary/aromatic N) is 1. The minimum absolute atomic E-state index is 0.0230. The third-order valence-corrected chi connectivity index (χ3v) is 5.86. The molecular formula is C24H27F6N3O. The van der Waals surface area contributed by atoms with E-state index in [0.29, 0.717) is 12.1 Å². The quantitative estimate of drug-likeness (QED) is 0.443. The summed E-state index contributed by atoms with van der Waals surface area (Å²) in [6.07, 6.45) is -6.93. The van der Waals surface area contributed by atoms with E-state index in [1.54, 1.807) is 0 Å². The third-order valence-electron chi connectivity index (χ3n) is 5.86. The molecule has 0 bridgehead atoms. The van der Waals surface area contributed by atoms with Gasteiger partial charge in [0.25, 0.3) is 0 Å². The van der Waals surface area contributed by atoms with Crippen molar-refractivity contribution in [3.63, 3.8) is 0 Å². The second-order valence-electron chi connectivity index (χ2n) is 8.58. The average molecular weight is 487 g/mol. The molecule has 186 valence electrons. The zero-order chi connectivity index (χ0) is 24.9. The van der Waals surface area contributed by atoms with Gasteiger partial charge >= 0.3 is 18.4 Å². The van der Waals surface area contributed by atoms with E-state index in [1.165, 1.54) is 0 Å². The van der Waals surface area contributed by atoms with Gasteiger partial charge in [0.15, 0.2) is 0 Å². The van der Waals surface area contributed by atoms with Crippen molar-refractivity contribution < 1.29 is 31.1 Å². The molecule has 1 aliphatic rings. The Morgan fingerprint density at radius 1 is 0.971 bits per heavy atom. The number of carbonyl (C=O) groups is 1. The Balaban J connectivity index is 1.70. The number of urea groups is 1. The van der Waals surface area contributed by atoms with Crippen molar-refractivity contribution in [2.24, 2.45) is 0 Å². The van der Waals surface area contributed by atoms with Crippen LogP contribution in [0, 0.1) is 6.92 Å². The van der Waals surface area contributed by atoms with Gasteiger partial charge in [0.1, 0.15) is 0 Å². The highest BCUT2D eigenvalue weighted by molar-refractivity contribution is 5.89. The normalized spacial score (nSPS) is 15.9. The zero-order valence-corrected chi connectivity index (χ0v) is 18.7. The van der Waals surface area contributed by atoms with Gasteiger partial charge in [0.05, 0.1) is 11.1 Å². The molecule has 2 aromatic carbocycles. The smallest absolute Gasteiger partial charge is 0.337 e. The van der Waals surface area contributed by atoms with E-state index in [9.17, 15) is 31.1 Å². The lowest BCUT2D eigenvalue weighted by Crippen LogP contribution is -2.34. The van der Waals surface area contributed by atoms with Crippen LogP contribution in [-0.4, -0.2) is 37.1 Å². The molecule has 0 aliphatic carbocycles. The highest BCUT2D eigenvalue weighted by Gasteiger charge is 2.37. The van der Waals surface area contributed by atoms with Crippen LogP contribution in [-0.2, 0) is 12.4 Å². The van der Waals surface area contributed by atoms with Gasteiger partial charge in [-0.15, -0.1) is 0 Å². The van der Waals surface area contributed by atoms with E-state index in [-0.39, 0.29) is 18.5 Å². The predicted octanol–water partition coefficient (Wildman–Crippen LogP) is 6.42. The Morgan fingerprint density at radius 3 is 2.15 bits per heavy atom. The van der Waals surface area contributed by atoms with Crippen LogP contribution in [0.25, 0.3) is 0 Å². The molecule has 2 amide bonds. The molecule has 3 rings (SSSR count). The molecule has 10 heteroatoms. The lowest BCUT2D eigenvalue weighted by molar-refractivity contribution is -0.143. The first-order valence-electron chi connectivity index (χ1n) is 11.0. The number of halogens is 6. The topological polar surface area (TPSA) is 44.4 Å². The zero-order valence-electron chi connectivity index (χ0n) is 18.7. The standard InChI is InChI=1S/C24H27F6N3O/c1-16-5-4-6-17(11-16)18(7-10-33-8-2-3-9-33)15-31-22(34)32-21-13-19(23(25,26)27)12-20(14-21)24(28,29)30/h4-6,11-14,18H,2-3,7-10,15H2,1H3,(H2,31,32,34). The van der Waals surface area contributed by atoms with Crippen molar-refractivity contribution in [3.05, 3.63) is 64.7 Å². The SMILES string of the molecule is Cc1cccc(C(CCN2CCCC2)CNC(=O)Nc2cc(C(F)(F)F)cc(C(F)(F)F)c2)c1. The van der Waals surface area contributed by atoms with Crippen molar-refractivity contribution in [3.8, 4) is 0 Å². The summed E-state index contributed by atoms with van der Waals surface area (Å²) in [5.74, 6) is -0.0569. The fraction of sp³-hybridized carbons (Fsp3) is 0.458. The molecular weight excluding hydrogens is 460 g/mol. The Labute approximate surface area is 194 Å². The molecule has 34 heavy (non-hydrogen) atoms. The molecule has 1 atom stereocenters. The molecule has 1 aliphatic heterocycles. The molecule has 2 N–H and O–H groups in total. The van der Waals surface area contributed by atoms with Gasteiger partial charge in [0.2, 0.25) is 0 Å². The number of benzene rings is 2. The molecule has 0 radical (unpaired) electrons. The maximum atomic E-state index is 13.1. The Kier molecular flexibility index (Phi) is 8.12. The van der Waals surface area contributed by atoms with E-state index in [4.69, 9.17) is 0 Å². The summed E-state index contributed by atoms with van der Waals surface area (Å²) < 4.78 is 78.4. The minimum Gasteiger partial charge on any atom is -0.337 e. The summed E-state index contributed by atoms with van der Waals surface area (Å²) in [4.78, 5) is 14.7. The second-order valence-corrected chi connectivity index (χ2v) is 8.58. The number of hydrogen-bond acceptors (Lipinski definition) is 2. The predicted molar refractivity (Wildman–Crippen MR) is 118 cm³/mol. The summed E-state index contributed by atoms with van der Waals surface area (Å²) >= 11 is 0. The third kappa shape index (κ3) is 7.38. The van der Waals surface area contributed by atoms with E-state index < -0.39 is 35.2 Å². The first kappa shape index (κ1) is 25.9. The van der Waals surface area contributed by atoms with E-state index in [1.807, 2.05) is 31.2 Å². The number of likely N-dealkylation sites (tertiary alicyclic amines) is 1. The molecule has 1 fully saturated rings. The van der Waals surface area contributed by atoms with Gasteiger partial charge in [-0.3, -0.25) is 0 Å². The second kappa shape index (κ2) is 10.7. The molecule has 1 heterocycles. The highest BCUT2D eigenvalue weighted by atomic mass is 19.4. The summed E-state index contributed by atoms with van der Waals surface area (Å²) in [6.45, 7) is 5.02. The summed E-state index contributed by atoms with van der Waals surface area (Å²) in [6, 6.07) is 7.95. The fourth-order valence-electron chi connectivity index (χ4n) is 4.07. The molecule has 2 aromatic rings. The van der Waals surface area contributed by atoms with E-state index >= 15 is 0 Å². The maximum Gasteiger partial charge on any atom is 0.416 e. The number of hydrogen-bond donors (Lipinski definition) is 2. The first-order chi connectivity index (χ1) is 15.9. The average Bonchev–Trinajstić information content (AvgIpc) is 3.26. The number of nitrogens with one attached hydrogen (secondary N) is 2. The van der Waals surface area contributed by atoms with Crippen LogP contribution in [0.3, 0.4) is 0 Å². The Hall–Kier alpha value is -2.75. The number of aryl methyl sites for hydroxylation is 1. The van der Waals surface area contributed by atoms with Crippen LogP contribution in [0.1, 0.15) is 47.4 Å². The minimum atomic E-state index is -4.99. The van der Waals surface area contributed by atoms with Crippen LogP contribution in [0.2, 0.25) is 0 Å². The van der Waals surface area contributed by atoms with Gasteiger partial charge in [-0.05, 0) is 69.6 Å².